The Kier molecular flexibility index (Phi) is 6.67. The van der Waals surface area contributed by atoms with Gasteiger partial charge in [-0.15, -0.1) is 0 Å². The van der Waals surface area contributed by atoms with Crippen molar-refractivity contribution in [3.63, 3.8) is 0 Å². The van der Waals surface area contributed by atoms with Gasteiger partial charge in [0.05, 0.1) is 23.3 Å². The highest BCUT2D eigenvalue weighted by Gasteiger charge is 2.09. The molecule has 0 bridgehead atoms. The first-order chi connectivity index (χ1) is 15.0. The van der Waals surface area contributed by atoms with Gasteiger partial charge >= 0.3 is 0 Å². The Bertz CT molecular complexity index is 1090. The molecule has 0 aliphatic rings. The van der Waals surface area contributed by atoms with Gasteiger partial charge < -0.3 is 4.74 Å². The molecule has 0 amide bonds. The third-order valence-corrected chi connectivity index (χ3v) is 5.74. The summed E-state index contributed by atoms with van der Waals surface area (Å²) in [5, 5.41) is 0.240. The van der Waals surface area contributed by atoms with Gasteiger partial charge in [-0.1, -0.05) is 96.0 Å². The summed E-state index contributed by atoms with van der Waals surface area (Å²) in [6.07, 6.45) is 0. The van der Waals surface area contributed by atoms with E-state index in [9.17, 15) is 8.78 Å². The van der Waals surface area contributed by atoms with E-state index in [1.165, 1.54) is 12.1 Å². The molecule has 0 saturated carbocycles. The third kappa shape index (κ3) is 4.96. The zero-order chi connectivity index (χ0) is 21.8. The zero-order valence-electron chi connectivity index (χ0n) is 16.4. The Morgan fingerprint density at radius 1 is 0.548 bits per heavy atom. The second-order valence-corrected chi connectivity index (χ2v) is 7.85. The van der Waals surface area contributed by atoms with E-state index < -0.39 is 11.6 Å². The van der Waals surface area contributed by atoms with E-state index in [-0.39, 0.29) is 10.0 Å². The minimum Gasteiger partial charge on any atom is -0.372 e. The predicted octanol–water partition coefficient (Wildman–Crippen LogP) is 8.32. The molecule has 0 radical (unpaired) electrons. The van der Waals surface area contributed by atoms with Gasteiger partial charge in [0.2, 0.25) is 0 Å². The highest BCUT2D eigenvalue weighted by Crippen LogP contribution is 2.31. The molecule has 0 aliphatic carbocycles. The van der Waals surface area contributed by atoms with Crippen molar-refractivity contribution < 1.29 is 13.5 Å². The van der Waals surface area contributed by atoms with E-state index in [2.05, 4.69) is 0 Å². The number of rotatable bonds is 6. The maximum atomic E-state index is 13.7. The van der Waals surface area contributed by atoms with E-state index in [0.29, 0.717) is 24.3 Å². The fourth-order valence-corrected chi connectivity index (χ4v) is 3.77. The molecule has 0 N–H and O–H groups in total. The van der Waals surface area contributed by atoms with Gasteiger partial charge in [-0.05, 0) is 34.4 Å². The highest BCUT2D eigenvalue weighted by molar-refractivity contribution is 6.33. The fourth-order valence-electron chi connectivity index (χ4n) is 3.30. The summed E-state index contributed by atoms with van der Waals surface area (Å²) < 4.78 is 33.1. The fraction of sp³-hybridized carbons (Fsp3) is 0.0769. The Hall–Kier alpha value is -2.72. The van der Waals surface area contributed by atoms with Gasteiger partial charge in [-0.25, -0.2) is 8.78 Å². The van der Waals surface area contributed by atoms with Crippen molar-refractivity contribution in [1.29, 1.82) is 0 Å². The van der Waals surface area contributed by atoms with Gasteiger partial charge in [0.15, 0.2) is 0 Å². The van der Waals surface area contributed by atoms with Gasteiger partial charge in [-0.3, -0.25) is 0 Å². The van der Waals surface area contributed by atoms with Crippen LogP contribution in [-0.2, 0) is 18.0 Å². The van der Waals surface area contributed by atoms with Crippen LogP contribution in [0, 0.1) is 11.6 Å². The van der Waals surface area contributed by atoms with Crippen LogP contribution in [0.25, 0.3) is 22.3 Å². The first kappa shape index (κ1) is 21.5. The molecule has 4 rings (SSSR count). The van der Waals surface area contributed by atoms with Crippen LogP contribution in [0.2, 0.25) is 10.0 Å². The lowest BCUT2D eigenvalue weighted by molar-refractivity contribution is 0.107. The van der Waals surface area contributed by atoms with Crippen molar-refractivity contribution in [2.24, 2.45) is 0 Å². The van der Waals surface area contributed by atoms with Crippen LogP contribution >= 0.6 is 23.2 Å². The van der Waals surface area contributed by atoms with E-state index in [1.54, 1.807) is 24.3 Å². The molecule has 0 unspecified atom stereocenters. The number of ether oxygens (including phenoxy) is 1. The molecular formula is C26H18Cl2F2O. The van der Waals surface area contributed by atoms with Crippen LogP contribution in [0.5, 0.6) is 0 Å². The molecule has 4 aromatic carbocycles. The topological polar surface area (TPSA) is 9.23 Å². The lowest BCUT2D eigenvalue weighted by atomic mass is 10.0. The molecule has 5 heteroatoms. The number of hydrogen-bond donors (Lipinski definition) is 0. The molecule has 31 heavy (non-hydrogen) atoms. The van der Waals surface area contributed by atoms with Crippen molar-refractivity contribution in [2.45, 2.75) is 13.2 Å². The minimum atomic E-state index is -0.433. The summed E-state index contributed by atoms with van der Waals surface area (Å²) in [6.45, 7) is 0.878. The van der Waals surface area contributed by atoms with Crippen molar-refractivity contribution in [3.05, 3.63) is 118 Å². The molecule has 0 atom stereocenters. The summed E-state index contributed by atoms with van der Waals surface area (Å²) >= 11 is 12.1. The minimum absolute atomic E-state index is 0.120. The van der Waals surface area contributed by atoms with Crippen LogP contribution in [0.4, 0.5) is 8.78 Å². The summed E-state index contributed by atoms with van der Waals surface area (Å²) in [6, 6.07) is 24.9. The Balaban J connectivity index is 1.36. The van der Waals surface area contributed by atoms with Gasteiger partial charge in [0.25, 0.3) is 0 Å². The number of benzene rings is 4. The van der Waals surface area contributed by atoms with E-state index in [1.807, 2.05) is 48.5 Å². The maximum absolute atomic E-state index is 13.7. The van der Waals surface area contributed by atoms with Crippen molar-refractivity contribution >= 4 is 23.2 Å². The summed E-state index contributed by atoms with van der Waals surface area (Å²) in [4.78, 5) is 0. The van der Waals surface area contributed by atoms with Crippen LogP contribution in [0.1, 0.15) is 11.1 Å². The molecule has 156 valence electrons. The molecule has 0 heterocycles. The average Bonchev–Trinajstić information content (AvgIpc) is 2.79. The first-order valence-electron chi connectivity index (χ1n) is 9.67. The molecule has 0 aliphatic heterocycles. The second kappa shape index (κ2) is 9.61. The van der Waals surface area contributed by atoms with Crippen LogP contribution in [0.15, 0.2) is 84.9 Å². The van der Waals surface area contributed by atoms with Crippen LogP contribution < -0.4 is 0 Å². The van der Waals surface area contributed by atoms with E-state index >= 15 is 0 Å². The maximum Gasteiger partial charge on any atom is 0.142 e. The zero-order valence-corrected chi connectivity index (χ0v) is 17.9. The largest absolute Gasteiger partial charge is 0.372 e. The number of halogens is 4. The van der Waals surface area contributed by atoms with E-state index in [4.69, 9.17) is 27.9 Å². The Morgan fingerprint density at radius 3 is 1.32 bits per heavy atom. The Morgan fingerprint density at radius 2 is 0.935 bits per heavy atom. The Labute approximate surface area is 189 Å². The lowest BCUT2D eigenvalue weighted by Gasteiger charge is -2.09. The van der Waals surface area contributed by atoms with Gasteiger partial charge in [0, 0.05) is 11.1 Å². The van der Waals surface area contributed by atoms with Gasteiger partial charge in [-0.2, -0.15) is 0 Å². The van der Waals surface area contributed by atoms with E-state index in [0.717, 1.165) is 22.3 Å². The molecule has 4 aromatic rings. The lowest BCUT2D eigenvalue weighted by Crippen LogP contribution is -1.94. The second-order valence-electron chi connectivity index (χ2n) is 7.09. The molecule has 0 spiro atoms. The predicted molar refractivity (Wildman–Crippen MR) is 122 cm³/mol. The molecular weight excluding hydrogens is 437 g/mol. The summed E-state index contributed by atoms with van der Waals surface area (Å²) in [7, 11) is 0. The van der Waals surface area contributed by atoms with Crippen LogP contribution in [-0.4, -0.2) is 0 Å². The number of hydrogen-bond acceptors (Lipinski definition) is 1. The third-order valence-electron chi connectivity index (χ3n) is 4.97. The molecule has 0 saturated heterocycles. The smallest absolute Gasteiger partial charge is 0.142 e. The summed E-state index contributed by atoms with van der Waals surface area (Å²) in [5.41, 5.74) is 5.01. The van der Waals surface area contributed by atoms with Crippen molar-refractivity contribution in [1.82, 2.24) is 0 Å². The monoisotopic (exact) mass is 454 g/mol. The molecule has 1 nitrogen and oxygen atoms in total. The van der Waals surface area contributed by atoms with Crippen LogP contribution in [0.3, 0.4) is 0 Å². The first-order valence-corrected chi connectivity index (χ1v) is 10.4. The highest BCUT2D eigenvalue weighted by atomic mass is 35.5. The SMILES string of the molecule is Fc1cccc(-c2ccc(COCc3ccc(-c4cccc(F)c4Cl)cc3)cc2)c1Cl. The normalized spacial score (nSPS) is 11.0. The molecule has 0 fully saturated rings. The van der Waals surface area contributed by atoms with Crippen molar-refractivity contribution in [3.8, 4) is 22.3 Å². The quantitative estimate of drug-likeness (QED) is 0.284. The van der Waals surface area contributed by atoms with Crippen molar-refractivity contribution in [2.75, 3.05) is 0 Å². The van der Waals surface area contributed by atoms with Gasteiger partial charge in [0.1, 0.15) is 11.6 Å². The standard InChI is InChI=1S/C26H18Cl2F2O/c27-25-21(3-1-5-23(25)29)19-11-7-17(8-12-19)15-31-16-18-9-13-20(14-10-18)22-4-2-6-24(30)26(22)28/h1-14H,15-16H2. The average molecular weight is 455 g/mol. The summed E-state index contributed by atoms with van der Waals surface area (Å²) in [5.74, 6) is -0.866. The molecule has 0 aromatic heterocycles.